The topological polar surface area (TPSA) is 46.3 Å². The Morgan fingerprint density at radius 3 is 2.53 bits per heavy atom. The molecule has 1 fully saturated rings. The zero-order valence-electron chi connectivity index (χ0n) is 10.5. The van der Waals surface area contributed by atoms with Gasteiger partial charge in [0.2, 0.25) is 5.91 Å². The van der Waals surface area contributed by atoms with Gasteiger partial charge in [0.1, 0.15) is 0 Å². The first-order valence-corrected chi connectivity index (χ1v) is 6.16. The Bertz CT molecular complexity index is 395. The molecular formula is C14H20N2O. The summed E-state index contributed by atoms with van der Waals surface area (Å²) in [5.74, 6) is 0.679. The number of carbonyl (C=O) groups is 1. The van der Waals surface area contributed by atoms with Crippen molar-refractivity contribution < 1.29 is 4.79 Å². The minimum atomic E-state index is 0.0374. The van der Waals surface area contributed by atoms with Gasteiger partial charge in [0.25, 0.3) is 0 Å². The van der Waals surface area contributed by atoms with Crippen LogP contribution in [0.25, 0.3) is 0 Å². The second kappa shape index (κ2) is 4.88. The third-order valence-corrected chi connectivity index (χ3v) is 3.43. The molecule has 2 N–H and O–H groups in total. The second-order valence-electron chi connectivity index (χ2n) is 4.99. The van der Waals surface area contributed by atoms with E-state index in [1.807, 2.05) is 38.2 Å². The van der Waals surface area contributed by atoms with Gasteiger partial charge < -0.3 is 10.6 Å². The van der Waals surface area contributed by atoms with Crippen LogP contribution >= 0.6 is 0 Å². The SMILES string of the molecule is Cc1ccc(N(C)C(=O)CC(N)C2CC2)cc1. The second-order valence-corrected chi connectivity index (χ2v) is 4.99. The van der Waals surface area contributed by atoms with Gasteiger partial charge in [-0.05, 0) is 37.8 Å². The van der Waals surface area contributed by atoms with E-state index in [2.05, 4.69) is 0 Å². The minimum absolute atomic E-state index is 0.0374. The number of carbonyl (C=O) groups excluding carboxylic acids is 1. The summed E-state index contributed by atoms with van der Waals surface area (Å²) in [7, 11) is 1.81. The highest BCUT2D eigenvalue weighted by Crippen LogP contribution is 2.33. The molecule has 0 aromatic heterocycles. The normalized spacial score (nSPS) is 16.6. The van der Waals surface area contributed by atoms with Crippen molar-refractivity contribution >= 4 is 11.6 Å². The summed E-state index contributed by atoms with van der Waals surface area (Å²) in [4.78, 5) is 13.7. The van der Waals surface area contributed by atoms with Crippen molar-refractivity contribution in [2.75, 3.05) is 11.9 Å². The zero-order chi connectivity index (χ0) is 12.4. The van der Waals surface area contributed by atoms with Gasteiger partial charge in [0.15, 0.2) is 0 Å². The highest BCUT2D eigenvalue weighted by Gasteiger charge is 2.30. The Balaban J connectivity index is 1.96. The number of rotatable bonds is 4. The maximum absolute atomic E-state index is 12.0. The highest BCUT2D eigenvalue weighted by atomic mass is 16.2. The summed E-state index contributed by atoms with van der Waals surface area (Å²) in [6.07, 6.45) is 2.82. The molecule has 2 rings (SSSR count). The lowest BCUT2D eigenvalue weighted by atomic mass is 10.1. The van der Waals surface area contributed by atoms with Gasteiger partial charge in [-0.2, -0.15) is 0 Å². The Hall–Kier alpha value is -1.35. The number of nitrogens with two attached hydrogens (primary N) is 1. The van der Waals surface area contributed by atoms with E-state index in [0.717, 1.165) is 5.69 Å². The van der Waals surface area contributed by atoms with Gasteiger partial charge in [-0.1, -0.05) is 17.7 Å². The standard InChI is InChI=1S/C14H20N2O/c1-10-3-7-12(8-4-10)16(2)14(17)9-13(15)11-5-6-11/h3-4,7-8,11,13H,5-6,9,15H2,1-2H3. The van der Waals surface area contributed by atoms with Gasteiger partial charge in [-0.25, -0.2) is 0 Å². The number of amides is 1. The number of benzene rings is 1. The van der Waals surface area contributed by atoms with Crippen LogP contribution in [-0.4, -0.2) is 19.0 Å². The summed E-state index contributed by atoms with van der Waals surface area (Å²) in [6, 6.07) is 8.00. The molecule has 1 aromatic carbocycles. The van der Waals surface area contributed by atoms with Gasteiger partial charge in [0, 0.05) is 25.2 Å². The van der Waals surface area contributed by atoms with Crippen molar-refractivity contribution in [1.82, 2.24) is 0 Å². The van der Waals surface area contributed by atoms with Crippen molar-refractivity contribution in [2.45, 2.75) is 32.2 Å². The number of anilines is 1. The van der Waals surface area contributed by atoms with E-state index in [0.29, 0.717) is 12.3 Å². The fraction of sp³-hybridized carbons (Fsp3) is 0.500. The van der Waals surface area contributed by atoms with Crippen molar-refractivity contribution in [3.05, 3.63) is 29.8 Å². The quantitative estimate of drug-likeness (QED) is 0.864. The smallest absolute Gasteiger partial charge is 0.228 e. The molecule has 17 heavy (non-hydrogen) atoms. The molecule has 0 bridgehead atoms. The van der Waals surface area contributed by atoms with E-state index in [1.54, 1.807) is 4.90 Å². The Kier molecular flexibility index (Phi) is 3.48. The Morgan fingerprint density at radius 1 is 1.41 bits per heavy atom. The lowest BCUT2D eigenvalue weighted by Gasteiger charge is -2.19. The molecule has 3 heteroatoms. The molecule has 92 valence electrons. The average molecular weight is 232 g/mol. The minimum Gasteiger partial charge on any atom is -0.327 e. The first-order valence-electron chi connectivity index (χ1n) is 6.16. The van der Waals surface area contributed by atoms with Crippen LogP contribution in [0.5, 0.6) is 0 Å². The van der Waals surface area contributed by atoms with Gasteiger partial charge in [-0.15, -0.1) is 0 Å². The molecule has 0 radical (unpaired) electrons. The number of aryl methyl sites for hydroxylation is 1. The van der Waals surface area contributed by atoms with Crippen LogP contribution in [-0.2, 0) is 4.79 Å². The molecule has 1 unspecified atom stereocenters. The molecule has 1 aromatic rings. The summed E-state index contributed by atoms with van der Waals surface area (Å²) in [5, 5.41) is 0. The van der Waals surface area contributed by atoms with Crippen LogP contribution in [0.15, 0.2) is 24.3 Å². The van der Waals surface area contributed by atoms with Crippen LogP contribution in [0, 0.1) is 12.8 Å². The maximum atomic E-state index is 12.0. The monoisotopic (exact) mass is 232 g/mol. The molecule has 1 atom stereocenters. The third kappa shape index (κ3) is 3.07. The highest BCUT2D eigenvalue weighted by molar-refractivity contribution is 5.93. The Morgan fingerprint density at radius 2 is 2.00 bits per heavy atom. The predicted octanol–water partition coefficient (Wildman–Crippen LogP) is 2.09. The molecule has 1 amide bonds. The van der Waals surface area contributed by atoms with E-state index in [9.17, 15) is 4.79 Å². The van der Waals surface area contributed by atoms with Gasteiger partial charge in [-0.3, -0.25) is 4.79 Å². The number of hydrogen-bond donors (Lipinski definition) is 1. The van der Waals surface area contributed by atoms with Crippen LogP contribution in [0.4, 0.5) is 5.69 Å². The molecule has 0 saturated heterocycles. The Labute approximate surface area is 103 Å². The molecule has 1 saturated carbocycles. The molecule has 0 aliphatic heterocycles. The van der Waals surface area contributed by atoms with E-state index < -0.39 is 0 Å². The van der Waals surface area contributed by atoms with Gasteiger partial charge >= 0.3 is 0 Å². The van der Waals surface area contributed by atoms with Crippen LogP contribution in [0.2, 0.25) is 0 Å². The fourth-order valence-electron chi connectivity index (χ4n) is 1.94. The maximum Gasteiger partial charge on any atom is 0.228 e. The lowest BCUT2D eigenvalue weighted by molar-refractivity contribution is -0.118. The molecule has 3 nitrogen and oxygen atoms in total. The van der Waals surface area contributed by atoms with Crippen LogP contribution < -0.4 is 10.6 Å². The fourth-order valence-corrected chi connectivity index (χ4v) is 1.94. The summed E-state index contributed by atoms with van der Waals surface area (Å²) < 4.78 is 0. The molecular weight excluding hydrogens is 212 g/mol. The summed E-state index contributed by atoms with van der Waals surface area (Å²) in [5.41, 5.74) is 8.10. The lowest BCUT2D eigenvalue weighted by Crippen LogP contribution is -2.34. The van der Waals surface area contributed by atoms with Crippen LogP contribution in [0.1, 0.15) is 24.8 Å². The van der Waals surface area contributed by atoms with E-state index in [-0.39, 0.29) is 11.9 Å². The van der Waals surface area contributed by atoms with E-state index in [1.165, 1.54) is 18.4 Å². The summed E-state index contributed by atoms with van der Waals surface area (Å²) in [6.45, 7) is 2.04. The van der Waals surface area contributed by atoms with E-state index >= 15 is 0 Å². The largest absolute Gasteiger partial charge is 0.327 e. The zero-order valence-corrected chi connectivity index (χ0v) is 10.5. The molecule has 1 aliphatic carbocycles. The van der Waals surface area contributed by atoms with Crippen molar-refractivity contribution in [3.63, 3.8) is 0 Å². The number of hydrogen-bond acceptors (Lipinski definition) is 2. The third-order valence-electron chi connectivity index (χ3n) is 3.43. The van der Waals surface area contributed by atoms with Crippen molar-refractivity contribution in [1.29, 1.82) is 0 Å². The summed E-state index contributed by atoms with van der Waals surface area (Å²) >= 11 is 0. The molecule has 1 aliphatic rings. The predicted molar refractivity (Wildman–Crippen MR) is 69.9 cm³/mol. The molecule has 0 spiro atoms. The molecule has 0 heterocycles. The van der Waals surface area contributed by atoms with Crippen LogP contribution in [0.3, 0.4) is 0 Å². The van der Waals surface area contributed by atoms with Crippen molar-refractivity contribution in [3.8, 4) is 0 Å². The van der Waals surface area contributed by atoms with Gasteiger partial charge in [0.05, 0.1) is 0 Å². The number of nitrogens with zero attached hydrogens (tertiary/aromatic N) is 1. The first kappa shape index (κ1) is 12.1. The van der Waals surface area contributed by atoms with Crippen molar-refractivity contribution in [2.24, 2.45) is 11.7 Å². The average Bonchev–Trinajstić information content (AvgIpc) is 3.12. The van der Waals surface area contributed by atoms with E-state index in [4.69, 9.17) is 5.73 Å². The first-order chi connectivity index (χ1) is 8.08.